The van der Waals surface area contributed by atoms with Gasteiger partial charge in [0.2, 0.25) is 0 Å². The zero-order valence-electron chi connectivity index (χ0n) is 9.86. The fourth-order valence-corrected chi connectivity index (χ4v) is 2.16. The summed E-state index contributed by atoms with van der Waals surface area (Å²) >= 11 is 0. The molecule has 0 aromatic heterocycles. The Hall–Kier alpha value is -1.02. The van der Waals surface area contributed by atoms with Crippen LogP contribution in [0, 0.1) is 18.8 Å². The lowest BCUT2D eigenvalue weighted by Crippen LogP contribution is -2.29. The number of aliphatic hydroxyl groups is 1. The van der Waals surface area contributed by atoms with Crippen molar-refractivity contribution in [1.29, 1.82) is 0 Å². The van der Waals surface area contributed by atoms with Gasteiger partial charge in [-0.15, -0.1) is 0 Å². The van der Waals surface area contributed by atoms with Crippen molar-refractivity contribution >= 4 is 0 Å². The molecule has 0 saturated heterocycles. The van der Waals surface area contributed by atoms with Crippen molar-refractivity contribution in [3.63, 3.8) is 0 Å². The molecule has 1 fully saturated rings. The Morgan fingerprint density at radius 2 is 2.25 bits per heavy atom. The molecule has 2 nitrogen and oxygen atoms in total. The predicted molar refractivity (Wildman–Crippen MR) is 64.6 cm³/mol. The zero-order valence-corrected chi connectivity index (χ0v) is 9.86. The average molecular weight is 220 g/mol. The highest BCUT2D eigenvalue weighted by Gasteiger charge is 2.27. The molecule has 0 aliphatic heterocycles. The van der Waals surface area contributed by atoms with E-state index in [1.54, 1.807) is 0 Å². The summed E-state index contributed by atoms with van der Waals surface area (Å²) in [5.41, 5.74) is 1.21. The van der Waals surface area contributed by atoms with E-state index in [1.807, 2.05) is 18.2 Å². The maximum absolute atomic E-state index is 9.31. The van der Waals surface area contributed by atoms with Gasteiger partial charge >= 0.3 is 0 Å². The summed E-state index contributed by atoms with van der Waals surface area (Å²) in [4.78, 5) is 0. The van der Waals surface area contributed by atoms with Gasteiger partial charge in [0, 0.05) is 12.5 Å². The van der Waals surface area contributed by atoms with E-state index in [9.17, 15) is 5.11 Å². The van der Waals surface area contributed by atoms with Crippen LogP contribution in [0.25, 0.3) is 0 Å². The van der Waals surface area contributed by atoms with E-state index in [4.69, 9.17) is 4.74 Å². The van der Waals surface area contributed by atoms with E-state index in [-0.39, 0.29) is 6.61 Å². The molecule has 1 aliphatic carbocycles. The van der Waals surface area contributed by atoms with Gasteiger partial charge in [-0.05, 0) is 43.4 Å². The van der Waals surface area contributed by atoms with Gasteiger partial charge in [0.05, 0.1) is 6.61 Å². The van der Waals surface area contributed by atoms with Crippen molar-refractivity contribution in [2.75, 3.05) is 13.2 Å². The Morgan fingerprint density at radius 3 is 2.81 bits per heavy atom. The summed E-state index contributed by atoms with van der Waals surface area (Å²) in [5.74, 6) is 1.90. The number of benzene rings is 1. The lowest BCUT2D eigenvalue weighted by atomic mass is 9.76. The fraction of sp³-hybridized carbons (Fsp3) is 0.571. The normalized spacial score (nSPS) is 17.9. The van der Waals surface area contributed by atoms with Gasteiger partial charge in [0.15, 0.2) is 0 Å². The van der Waals surface area contributed by atoms with Crippen molar-refractivity contribution in [3.8, 4) is 5.75 Å². The van der Waals surface area contributed by atoms with E-state index in [1.165, 1.54) is 24.8 Å². The number of aryl methyl sites for hydroxylation is 1. The second kappa shape index (κ2) is 5.35. The van der Waals surface area contributed by atoms with Gasteiger partial charge in [-0.2, -0.15) is 0 Å². The first-order valence-electron chi connectivity index (χ1n) is 6.10. The first kappa shape index (κ1) is 11.5. The molecule has 0 radical (unpaired) electrons. The second-order valence-electron chi connectivity index (χ2n) is 4.76. The second-order valence-corrected chi connectivity index (χ2v) is 4.76. The predicted octanol–water partition coefficient (Wildman–Crippen LogP) is 2.78. The van der Waals surface area contributed by atoms with Crippen LogP contribution in [0.5, 0.6) is 5.75 Å². The Bertz CT molecular complexity index is 331. The lowest BCUT2D eigenvalue weighted by molar-refractivity contribution is 0.0795. The summed E-state index contributed by atoms with van der Waals surface area (Å²) in [6.07, 6.45) is 3.82. The molecule has 1 atom stereocenters. The molecule has 1 aromatic rings. The van der Waals surface area contributed by atoms with Crippen molar-refractivity contribution in [3.05, 3.63) is 29.8 Å². The van der Waals surface area contributed by atoms with Crippen LogP contribution in [0.1, 0.15) is 24.8 Å². The number of ether oxygens (including phenoxy) is 1. The van der Waals surface area contributed by atoms with Gasteiger partial charge in [-0.25, -0.2) is 0 Å². The summed E-state index contributed by atoms with van der Waals surface area (Å²) in [5, 5.41) is 9.31. The molecule has 88 valence electrons. The largest absolute Gasteiger partial charge is 0.493 e. The zero-order chi connectivity index (χ0) is 11.4. The number of hydrogen-bond acceptors (Lipinski definition) is 2. The Labute approximate surface area is 97.3 Å². The first-order valence-corrected chi connectivity index (χ1v) is 6.10. The van der Waals surface area contributed by atoms with Crippen molar-refractivity contribution in [1.82, 2.24) is 0 Å². The number of rotatable bonds is 5. The Balaban J connectivity index is 1.85. The minimum atomic E-state index is 0.247. The molecule has 1 saturated carbocycles. The highest BCUT2D eigenvalue weighted by atomic mass is 16.5. The van der Waals surface area contributed by atoms with Crippen molar-refractivity contribution in [2.45, 2.75) is 26.2 Å². The third-order valence-corrected chi connectivity index (χ3v) is 3.50. The number of hydrogen-bond donors (Lipinski definition) is 1. The maximum atomic E-state index is 9.31. The number of aliphatic hydroxyl groups excluding tert-OH is 1. The summed E-state index contributed by atoms with van der Waals surface area (Å²) in [6.45, 7) is 2.95. The molecule has 0 bridgehead atoms. The topological polar surface area (TPSA) is 29.5 Å². The molecule has 2 rings (SSSR count). The third kappa shape index (κ3) is 2.76. The molecule has 0 spiro atoms. The highest BCUT2D eigenvalue weighted by Crippen LogP contribution is 2.33. The molecular formula is C14H20O2. The Morgan fingerprint density at radius 1 is 1.44 bits per heavy atom. The van der Waals surface area contributed by atoms with Gasteiger partial charge in [-0.3, -0.25) is 0 Å². The van der Waals surface area contributed by atoms with Crippen molar-refractivity contribution in [2.24, 2.45) is 11.8 Å². The third-order valence-electron chi connectivity index (χ3n) is 3.50. The van der Waals surface area contributed by atoms with Crippen LogP contribution in [0.2, 0.25) is 0 Å². The summed E-state index contributed by atoms with van der Waals surface area (Å²) in [7, 11) is 0. The lowest BCUT2D eigenvalue weighted by Gasteiger charge is -2.32. The summed E-state index contributed by atoms with van der Waals surface area (Å²) < 4.78 is 5.74. The van der Waals surface area contributed by atoms with Crippen LogP contribution >= 0.6 is 0 Å². The van der Waals surface area contributed by atoms with Gasteiger partial charge < -0.3 is 9.84 Å². The van der Waals surface area contributed by atoms with Crippen LogP contribution in [-0.4, -0.2) is 18.3 Å². The van der Waals surface area contributed by atoms with Gasteiger partial charge in [0.25, 0.3) is 0 Å². The van der Waals surface area contributed by atoms with E-state index >= 15 is 0 Å². The molecule has 0 heterocycles. The summed E-state index contributed by atoms with van der Waals surface area (Å²) in [6, 6.07) is 8.07. The molecule has 1 aliphatic rings. The quantitative estimate of drug-likeness (QED) is 0.826. The van der Waals surface area contributed by atoms with Crippen molar-refractivity contribution < 1.29 is 9.84 Å². The Kier molecular flexibility index (Phi) is 3.83. The van der Waals surface area contributed by atoms with E-state index in [0.717, 1.165) is 5.75 Å². The fourth-order valence-electron chi connectivity index (χ4n) is 2.16. The minimum absolute atomic E-state index is 0.247. The van der Waals surface area contributed by atoms with E-state index < -0.39 is 0 Å². The van der Waals surface area contributed by atoms with Crippen LogP contribution in [0.4, 0.5) is 0 Å². The molecule has 1 unspecified atom stereocenters. The molecule has 1 aromatic carbocycles. The monoisotopic (exact) mass is 220 g/mol. The standard InChI is InChI=1S/C14H20O2/c1-11-4-2-7-14(8-11)16-10-13(9-15)12-5-3-6-12/h2,4,7-8,12-13,15H,3,5-6,9-10H2,1H3. The average Bonchev–Trinajstić information content (AvgIpc) is 2.21. The van der Waals surface area contributed by atoms with Crippen LogP contribution in [-0.2, 0) is 0 Å². The molecular weight excluding hydrogens is 200 g/mol. The molecule has 2 heteroatoms. The molecule has 1 N–H and O–H groups in total. The van der Waals surface area contributed by atoms with Gasteiger partial charge in [0.1, 0.15) is 5.75 Å². The molecule has 0 amide bonds. The van der Waals surface area contributed by atoms with E-state index in [2.05, 4.69) is 13.0 Å². The van der Waals surface area contributed by atoms with Gasteiger partial charge in [-0.1, -0.05) is 18.6 Å². The highest BCUT2D eigenvalue weighted by molar-refractivity contribution is 5.27. The molecule has 16 heavy (non-hydrogen) atoms. The smallest absolute Gasteiger partial charge is 0.119 e. The SMILES string of the molecule is Cc1cccc(OCC(CO)C2CCC2)c1. The maximum Gasteiger partial charge on any atom is 0.119 e. The van der Waals surface area contributed by atoms with Crippen LogP contribution < -0.4 is 4.74 Å². The van der Waals surface area contributed by atoms with Crippen LogP contribution in [0.15, 0.2) is 24.3 Å². The minimum Gasteiger partial charge on any atom is -0.493 e. The first-order chi connectivity index (χ1) is 7.79. The van der Waals surface area contributed by atoms with Crippen LogP contribution in [0.3, 0.4) is 0 Å². The van der Waals surface area contributed by atoms with E-state index in [0.29, 0.717) is 18.4 Å².